The zero-order valence-electron chi connectivity index (χ0n) is 21.6. The van der Waals surface area contributed by atoms with Crippen molar-refractivity contribution in [2.24, 2.45) is 5.41 Å². The van der Waals surface area contributed by atoms with Crippen LogP contribution in [0.5, 0.6) is 23.1 Å². The smallest absolute Gasteiger partial charge is 0.307 e. The average Bonchev–Trinajstić information content (AvgIpc) is 3.10. The van der Waals surface area contributed by atoms with Crippen LogP contribution < -0.4 is 14.3 Å². The van der Waals surface area contributed by atoms with E-state index in [1.54, 1.807) is 6.92 Å². The molecule has 0 radical (unpaired) electrons. The summed E-state index contributed by atoms with van der Waals surface area (Å²) in [6, 6.07) is 7.44. The van der Waals surface area contributed by atoms with E-state index in [-0.39, 0.29) is 40.7 Å². The number of thiazole rings is 1. The van der Waals surface area contributed by atoms with Crippen molar-refractivity contribution in [3.63, 3.8) is 0 Å². The minimum absolute atomic E-state index is 0.0550. The Bertz CT molecular complexity index is 1360. The Morgan fingerprint density at radius 2 is 1.72 bits per heavy atom. The first-order valence-electron chi connectivity index (χ1n) is 12.0. The number of nitrogens with one attached hydrogen (secondary N) is 1. The van der Waals surface area contributed by atoms with Gasteiger partial charge < -0.3 is 19.7 Å². The Morgan fingerprint density at radius 1 is 1.06 bits per heavy atom. The van der Waals surface area contributed by atoms with Crippen LogP contribution in [0.2, 0.25) is 0 Å². The Hall–Kier alpha value is -3.26. The van der Waals surface area contributed by atoms with Crippen LogP contribution in [0.15, 0.2) is 29.1 Å². The number of aromatic nitrogens is 1. The lowest BCUT2D eigenvalue weighted by Gasteiger charge is -2.42. The number of Topliss-reactive ketones (excluding diaryl/α,β-unsaturated/α-hetero) is 1. The number of hydrogen-bond donors (Lipinski definition) is 3. The van der Waals surface area contributed by atoms with Gasteiger partial charge in [0.25, 0.3) is 0 Å². The van der Waals surface area contributed by atoms with Gasteiger partial charge in [-0.25, -0.2) is 0 Å². The van der Waals surface area contributed by atoms with Crippen LogP contribution in [0.4, 0.5) is 0 Å². The van der Waals surface area contributed by atoms with Gasteiger partial charge in [-0.15, -0.1) is 0 Å². The van der Waals surface area contributed by atoms with Gasteiger partial charge in [0.05, 0.1) is 16.9 Å². The highest BCUT2D eigenvalue weighted by molar-refractivity contribution is 7.09. The summed E-state index contributed by atoms with van der Waals surface area (Å²) in [4.78, 5) is 27.5. The number of phenolic OH excluding ortho intramolecular Hbond substituents is 1. The van der Waals surface area contributed by atoms with Gasteiger partial charge in [-0.3, -0.25) is 14.6 Å². The molecule has 192 valence electrons. The Balaban J connectivity index is 1.59. The summed E-state index contributed by atoms with van der Waals surface area (Å²) in [5, 5.41) is 20.3. The predicted molar refractivity (Wildman–Crippen MR) is 140 cm³/mol. The van der Waals surface area contributed by atoms with E-state index >= 15 is 0 Å². The molecule has 8 heteroatoms. The largest absolute Gasteiger partial charge is 0.507 e. The molecule has 1 atom stereocenters. The Labute approximate surface area is 214 Å². The van der Waals surface area contributed by atoms with Gasteiger partial charge in [0.15, 0.2) is 11.4 Å². The molecule has 1 aliphatic heterocycles. The molecule has 3 aromatic rings. The fraction of sp³-hybridized carbons (Fsp3) is 0.429. The summed E-state index contributed by atoms with van der Waals surface area (Å²) in [5.74, 6) is 1.16. The third kappa shape index (κ3) is 5.14. The highest BCUT2D eigenvalue weighted by Crippen LogP contribution is 2.46. The summed E-state index contributed by atoms with van der Waals surface area (Å²) in [5.41, 5.74) is 2.43. The van der Waals surface area contributed by atoms with E-state index in [4.69, 9.17) is 9.47 Å². The number of H-pyrrole nitrogens is 1. The number of benzene rings is 2. The van der Waals surface area contributed by atoms with E-state index in [0.717, 1.165) is 22.5 Å². The summed E-state index contributed by atoms with van der Waals surface area (Å²) >= 11 is 0.989. The third-order valence-corrected chi connectivity index (χ3v) is 7.51. The van der Waals surface area contributed by atoms with Crippen molar-refractivity contribution in [3.05, 3.63) is 66.6 Å². The molecule has 3 N–H and O–H groups in total. The van der Waals surface area contributed by atoms with Crippen LogP contribution in [0.25, 0.3) is 0 Å². The molecule has 2 aromatic carbocycles. The molecule has 4 rings (SSSR count). The summed E-state index contributed by atoms with van der Waals surface area (Å²) in [6.45, 7) is 12.0. The molecule has 1 unspecified atom stereocenters. The highest BCUT2D eigenvalue weighted by atomic mass is 32.1. The third-order valence-electron chi connectivity index (χ3n) is 6.64. The van der Waals surface area contributed by atoms with Crippen LogP contribution in [0.1, 0.15) is 71.1 Å². The second kappa shape index (κ2) is 9.32. The molecule has 1 aliphatic rings. The van der Waals surface area contributed by atoms with Gasteiger partial charge in [0.2, 0.25) is 5.88 Å². The van der Waals surface area contributed by atoms with E-state index in [2.05, 4.69) is 25.8 Å². The van der Waals surface area contributed by atoms with E-state index < -0.39 is 5.60 Å². The molecule has 0 saturated carbocycles. The molecule has 0 fully saturated rings. The minimum atomic E-state index is -0.856. The van der Waals surface area contributed by atoms with Crippen molar-refractivity contribution in [3.8, 4) is 23.1 Å². The van der Waals surface area contributed by atoms with Gasteiger partial charge in [-0.1, -0.05) is 44.2 Å². The second-order valence-electron chi connectivity index (χ2n) is 10.9. The summed E-state index contributed by atoms with van der Waals surface area (Å²) in [6.07, 6.45) is 1.19. The Kier molecular flexibility index (Phi) is 6.68. The number of hydrogen-bond acceptors (Lipinski definition) is 7. The molecule has 0 saturated heterocycles. The Morgan fingerprint density at radius 3 is 2.31 bits per heavy atom. The van der Waals surface area contributed by atoms with Crippen LogP contribution in [0.3, 0.4) is 0 Å². The number of ketones is 1. The highest BCUT2D eigenvalue weighted by Gasteiger charge is 2.45. The average molecular weight is 512 g/mol. The van der Waals surface area contributed by atoms with Crippen LogP contribution in [-0.2, 0) is 6.42 Å². The van der Waals surface area contributed by atoms with Crippen molar-refractivity contribution in [1.29, 1.82) is 0 Å². The van der Waals surface area contributed by atoms with E-state index in [9.17, 15) is 19.8 Å². The number of aromatic amines is 1. The SMILES string of the molecule is Cc1c(C)c2c(c(C)c1O)C(=O)CC(COc1ccc(Cc3sc(=O)[nH]c3O)cc1)(CC(C)(C)C)O2. The molecule has 0 bridgehead atoms. The van der Waals surface area contributed by atoms with Gasteiger partial charge in [-0.2, -0.15) is 0 Å². The molecule has 7 nitrogen and oxygen atoms in total. The molecule has 0 amide bonds. The molecule has 36 heavy (non-hydrogen) atoms. The number of fused-ring (bicyclic) bond motifs is 1. The summed E-state index contributed by atoms with van der Waals surface area (Å²) in [7, 11) is 0. The van der Waals surface area contributed by atoms with Gasteiger partial charge in [0, 0.05) is 12.0 Å². The van der Waals surface area contributed by atoms with E-state index in [1.807, 2.05) is 38.1 Å². The lowest BCUT2D eigenvalue weighted by molar-refractivity contribution is -0.0225. The predicted octanol–water partition coefficient (Wildman–Crippen LogP) is 5.58. The van der Waals surface area contributed by atoms with Crippen molar-refractivity contribution >= 4 is 17.1 Å². The van der Waals surface area contributed by atoms with Crippen molar-refractivity contribution in [2.45, 2.75) is 66.4 Å². The number of carbonyl (C=O) groups is 1. The molecule has 1 aromatic heterocycles. The maximum absolute atomic E-state index is 13.4. The number of ether oxygens (including phenoxy) is 2. The van der Waals surface area contributed by atoms with E-state index in [0.29, 0.717) is 45.9 Å². The second-order valence-corrected chi connectivity index (χ2v) is 12.0. The fourth-order valence-corrected chi connectivity index (χ4v) is 5.73. The zero-order chi connectivity index (χ0) is 26.4. The first kappa shape index (κ1) is 25.8. The van der Waals surface area contributed by atoms with Crippen molar-refractivity contribution in [2.75, 3.05) is 6.61 Å². The maximum atomic E-state index is 13.4. The standard InChI is InChI=1S/C28H33NO6S/c1-15-16(2)24-22(17(3)23(15)31)20(30)12-28(35-24,13-27(4,5)6)14-34-19-9-7-18(8-10-19)11-21-25(32)29-26(33)36-21/h7-10,31-32H,11-14H2,1-6H3,(H,29,33). The van der Waals surface area contributed by atoms with Gasteiger partial charge in [-0.05, 0) is 61.4 Å². The monoisotopic (exact) mass is 511 g/mol. The first-order chi connectivity index (χ1) is 16.8. The molecule has 2 heterocycles. The molecular weight excluding hydrogens is 478 g/mol. The van der Waals surface area contributed by atoms with Crippen molar-refractivity contribution in [1.82, 2.24) is 4.98 Å². The zero-order valence-corrected chi connectivity index (χ0v) is 22.4. The lowest BCUT2D eigenvalue weighted by atomic mass is 9.76. The van der Waals surface area contributed by atoms with Crippen molar-refractivity contribution < 1.29 is 24.5 Å². The topological polar surface area (TPSA) is 109 Å². The first-order valence-corrected chi connectivity index (χ1v) is 12.8. The van der Waals surface area contributed by atoms with Crippen LogP contribution in [-0.4, -0.2) is 33.2 Å². The van der Waals surface area contributed by atoms with Crippen LogP contribution >= 0.6 is 11.3 Å². The van der Waals surface area contributed by atoms with Gasteiger partial charge in [0.1, 0.15) is 23.9 Å². The maximum Gasteiger partial charge on any atom is 0.307 e. The van der Waals surface area contributed by atoms with Crippen LogP contribution in [0, 0.1) is 26.2 Å². The van der Waals surface area contributed by atoms with E-state index in [1.165, 1.54) is 0 Å². The minimum Gasteiger partial charge on any atom is -0.507 e. The number of phenols is 1. The lowest BCUT2D eigenvalue weighted by Crippen LogP contribution is -2.49. The quantitative estimate of drug-likeness (QED) is 0.398. The number of rotatable bonds is 6. The summed E-state index contributed by atoms with van der Waals surface area (Å²) < 4.78 is 12.8. The fourth-order valence-electron chi connectivity index (χ4n) is 4.97. The molecular formula is C28H33NO6S. The number of aromatic hydroxyl groups is 2. The molecule has 0 aliphatic carbocycles. The molecule has 0 spiro atoms. The number of carbonyl (C=O) groups excluding carboxylic acids is 1. The normalized spacial score (nSPS) is 17.6. The van der Waals surface area contributed by atoms with Gasteiger partial charge >= 0.3 is 4.87 Å².